The van der Waals surface area contributed by atoms with Crippen molar-refractivity contribution >= 4 is 29.8 Å². The highest BCUT2D eigenvalue weighted by molar-refractivity contribution is 5.78. The van der Waals surface area contributed by atoms with E-state index >= 15 is 0 Å². The average Bonchev–Trinajstić information content (AvgIpc) is 3.05. The number of carboxylic acid groups (broad SMARTS) is 1. The first-order valence-electron chi connectivity index (χ1n) is 18.4. The lowest BCUT2D eigenvalue weighted by molar-refractivity contribution is -0.321. The molecule has 0 aromatic heterocycles. The third-order valence-corrected chi connectivity index (χ3v) is 7.54. The van der Waals surface area contributed by atoms with Crippen molar-refractivity contribution in [1.82, 2.24) is 0 Å². The van der Waals surface area contributed by atoms with Gasteiger partial charge >= 0.3 is 29.8 Å². The standard InChI is InChI=1S/C38H66O17/c1-35(2,3)31(41)50-23-24-26(53-32(42)36(4,5)6)27(54-33(43)37(7,8)9)28(55-34(44)38(10,11)12)30(51-24)52-25(29(39)40)22-49-21-20-48-19-18-47-17-16-46-15-14-45-13/h24-28,30H,14-23H2,1-13H3,(H,39,40)/t24-,25?,26-,27+,28-,30?/m1/s1. The molecule has 0 aromatic carbocycles. The third-order valence-electron chi connectivity index (χ3n) is 7.54. The third kappa shape index (κ3) is 18.7. The molecule has 0 saturated carbocycles. The van der Waals surface area contributed by atoms with Crippen LogP contribution in [0.2, 0.25) is 0 Å². The summed E-state index contributed by atoms with van der Waals surface area (Å²) < 4.78 is 62.1. The Labute approximate surface area is 325 Å². The fourth-order valence-electron chi connectivity index (χ4n) is 4.12. The molecule has 6 atom stereocenters. The molecule has 0 amide bonds. The predicted octanol–water partition coefficient (Wildman–Crippen LogP) is 3.36. The van der Waals surface area contributed by atoms with E-state index in [1.807, 2.05) is 0 Å². The molecule has 1 rings (SSSR count). The number of carboxylic acids is 1. The summed E-state index contributed by atoms with van der Waals surface area (Å²) in [6, 6.07) is 0. The molecule has 1 heterocycles. The van der Waals surface area contributed by atoms with Crippen LogP contribution >= 0.6 is 0 Å². The number of methoxy groups -OCH3 is 1. The van der Waals surface area contributed by atoms with Crippen molar-refractivity contribution in [3.63, 3.8) is 0 Å². The summed E-state index contributed by atoms with van der Waals surface area (Å²) >= 11 is 0. The molecule has 320 valence electrons. The fourth-order valence-corrected chi connectivity index (χ4v) is 4.12. The van der Waals surface area contributed by atoms with Gasteiger partial charge in [-0.1, -0.05) is 0 Å². The quantitative estimate of drug-likeness (QED) is 0.0947. The van der Waals surface area contributed by atoms with Crippen LogP contribution in [0.15, 0.2) is 0 Å². The summed E-state index contributed by atoms with van der Waals surface area (Å²) in [5, 5.41) is 10.1. The normalized spacial score (nSPS) is 21.4. The van der Waals surface area contributed by atoms with Crippen LogP contribution in [0.1, 0.15) is 83.1 Å². The second-order valence-electron chi connectivity index (χ2n) is 17.1. The van der Waals surface area contributed by atoms with E-state index < -0.39 is 102 Å². The summed E-state index contributed by atoms with van der Waals surface area (Å²) in [5.41, 5.74) is -4.19. The van der Waals surface area contributed by atoms with E-state index in [4.69, 9.17) is 52.1 Å². The average molecular weight is 795 g/mol. The van der Waals surface area contributed by atoms with Gasteiger partial charge in [-0.2, -0.15) is 0 Å². The van der Waals surface area contributed by atoms with Crippen molar-refractivity contribution in [3.8, 4) is 0 Å². The van der Waals surface area contributed by atoms with Gasteiger partial charge in [0.2, 0.25) is 0 Å². The second-order valence-corrected chi connectivity index (χ2v) is 17.1. The minimum Gasteiger partial charge on any atom is -0.479 e. The Kier molecular flexibility index (Phi) is 20.7. The van der Waals surface area contributed by atoms with Gasteiger partial charge in [-0.15, -0.1) is 0 Å². The molecule has 1 fully saturated rings. The van der Waals surface area contributed by atoms with Gasteiger partial charge in [-0.25, -0.2) is 4.79 Å². The zero-order valence-electron chi connectivity index (χ0n) is 35.0. The second kappa shape index (κ2) is 22.7. The Morgan fingerprint density at radius 2 is 0.927 bits per heavy atom. The first-order valence-corrected chi connectivity index (χ1v) is 18.4. The van der Waals surface area contributed by atoms with Crippen LogP contribution in [0.4, 0.5) is 0 Å². The van der Waals surface area contributed by atoms with Crippen LogP contribution < -0.4 is 0 Å². The molecule has 17 nitrogen and oxygen atoms in total. The number of hydrogen-bond acceptors (Lipinski definition) is 16. The van der Waals surface area contributed by atoms with Gasteiger partial charge in [-0.05, 0) is 83.1 Å². The highest BCUT2D eigenvalue weighted by atomic mass is 16.7. The zero-order valence-corrected chi connectivity index (χ0v) is 35.0. The van der Waals surface area contributed by atoms with E-state index in [1.54, 1.807) is 90.2 Å². The van der Waals surface area contributed by atoms with Crippen LogP contribution in [-0.2, 0) is 76.1 Å². The molecule has 1 saturated heterocycles. The fraction of sp³-hybridized carbons (Fsp3) is 0.868. The predicted molar refractivity (Wildman–Crippen MR) is 195 cm³/mol. The summed E-state index contributed by atoms with van der Waals surface area (Å²) in [6.45, 7) is 20.6. The maximum absolute atomic E-state index is 13.5. The van der Waals surface area contributed by atoms with Gasteiger partial charge < -0.3 is 57.2 Å². The summed E-state index contributed by atoms with van der Waals surface area (Å²) in [4.78, 5) is 65.6. The molecule has 2 unspecified atom stereocenters. The van der Waals surface area contributed by atoms with Crippen molar-refractivity contribution in [2.24, 2.45) is 21.7 Å². The Balaban J connectivity index is 3.38. The molecule has 0 bridgehead atoms. The van der Waals surface area contributed by atoms with E-state index in [0.717, 1.165) is 0 Å². The molecule has 1 aliphatic rings. The molecule has 17 heteroatoms. The van der Waals surface area contributed by atoms with Crippen molar-refractivity contribution in [1.29, 1.82) is 0 Å². The smallest absolute Gasteiger partial charge is 0.335 e. The minimum absolute atomic E-state index is 0.0107. The maximum atomic E-state index is 13.5. The zero-order chi connectivity index (χ0) is 42.2. The number of carbonyl (C=O) groups is 5. The van der Waals surface area contributed by atoms with Crippen LogP contribution in [0.5, 0.6) is 0 Å². The van der Waals surface area contributed by atoms with Gasteiger partial charge in [-0.3, -0.25) is 19.2 Å². The first kappa shape index (κ1) is 50.1. The van der Waals surface area contributed by atoms with Crippen LogP contribution in [-0.4, -0.2) is 145 Å². The monoisotopic (exact) mass is 794 g/mol. The number of hydrogen-bond donors (Lipinski definition) is 1. The van der Waals surface area contributed by atoms with Gasteiger partial charge in [0.05, 0.1) is 81.1 Å². The van der Waals surface area contributed by atoms with Crippen LogP contribution in [0.3, 0.4) is 0 Å². The molecule has 1 N–H and O–H groups in total. The molecule has 1 aliphatic heterocycles. The number of esters is 4. The number of rotatable bonds is 22. The van der Waals surface area contributed by atoms with Crippen molar-refractivity contribution in [2.75, 3.05) is 73.2 Å². The van der Waals surface area contributed by atoms with Gasteiger partial charge in [0.25, 0.3) is 0 Å². The maximum Gasteiger partial charge on any atom is 0.335 e. The van der Waals surface area contributed by atoms with Crippen molar-refractivity contribution in [3.05, 3.63) is 0 Å². The highest BCUT2D eigenvalue weighted by Gasteiger charge is 2.56. The Morgan fingerprint density at radius 1 is 0.545 bits per heavy atom. The van der Waals surface area contributed by atoms with Crippen LogP contribution in [0, 0.1) is 21.7 Å². The van der Waals surface area contributed by atoms with Gasteiger partial charge in [0, 0.05) is 7.11 Å². The van der Waals surface area contributed by atoms with Crippen molar-refractivity contribution < 1.29 is 81.2 Å². The molecule has 0 aromatic rings. The molecular weight excluding hydrogens is 728 g/mol. The summed E-state index contributed by atoms with van der Waals surface area (Å²) in [6.07, 6.45) is -9.61. The number of carbonyl (C=O) groups excluding carboxylic acids is 4. The summed E-state index contributed by atoms with van der Waals surface area (Å²) in [5.74, 6) is -4.37. The summed E-state index contributed by atoms with van der Waals surface area (Å²) in [7, 11) is 1.59. The first-order chi connectivity index (χ1) is 25.3. The largest absolute Gasteiger partial charge is 0.479 e. The van der Waals surface area contributed by atoms with Crippen LogP contribution in [0.25, 0.3) is 0 Å². The number of aliphatic carboxylic acids is 1. The lowest BCUT2D eigenvalue weighted by Gasteiger charge is -2.46. The Bertz CT molecular complexity index is 1210. The Hall–Kier alpha value is -2.93. The van der Waals surface area contributed by atoms with E-state index in [1.165, 1.54) is 0 Å². The molecule has 55 heavy (non-hydrogen) atoms. The lowest BCUT2D eigenvalue weighted by atomic mass is 9.93. The molecule has 0 aliphatic carbocycles. The van der Waals surface area contributed by atoms with Crippen molar-refractivity contribution in [2.45, 2.75) is 120 Å². The molecular formula is C38H66O17. The topological polar surface area (TPSA) is 207 Å². The van der Waals surface area contributed by atoms with Gasteiger partial charge in [0.1, 0.15) is 12.7 Å². The van der Waals surface area contributed by atoms with Gasteiger partial charge in [0.15, 0.2) is 30.7 Å². The lowest BCUT2D eigenvalue weighted by Crippen LogP contribution is -2.65. The van der Waals surface area contributed by atoms with E-state index in [2.05, 4.69) is 0 Å². The Morgan fingerprint density at radius 3 is 1.33 bits per heavy atom. The molecule has 0 spiro atoms. The SMILES string of the molecule is COCCOCCOCCOCCOCC(OC1O[C@H](COC(=O)C(C)(C)C)[C@@H](OC(=O)C(C)(C)C)[C@H](OC(=O)C(C)(C)C)[C@H]1OC(=O)C(C)(C)C)C(=O)O. The number of ether oxygens (including phenoxy) is 11. The molecule has 0 radical (unpaired) electrons. The minimum atomic E-state index is -1.75. The van der Waals surface area contributed by atoms with E-state index in [9.17, 15) is 29.1 Å². The van der Waals surface area contributed by atoms with E-state index in [-0.39, 0.29) is 19.8 Å². The highest BCUT2D eigenvalue weighted by Crippen LogP contribution is 2.35. The van der Waals surface area contributed by atoms with E-state index in [0.29, 0.717) is 33.0 Å².